The minimum absolute atomic E-state index is 0.0656. The van der Waals surface area contributed by atoms with Gasteiger partial charge in [0.1, 0.15) is 0 Å². The Morgan fingerprint density at radius 1 is 0.724 bits per heavy atom. The van der Waals surface area contributed by atoms with Crippen LogP contribution in [-0.4, -0.2) is 43.5 Å². The molecule has 0 saturated carbocycles. The highest BCUT2D eigenvalue weighted by atomic mass is 16.2. The molecule has 3 aromatic rings. The highest BCUT2D eigenvalue weighted by molar-refractivity contribution is 5.79. The number of amides is 1. The maximum Gasteiger partial charge on any atom is 0.234 e. The summed E-state index contributed by atoms with van der Waals surface area (Å²) in [5, 5.41) is 3.25. The SMILES string of the molecule is O=C(CN1CCN(c2ccccc2)CC1)NC(c1ccccc1)c1ccccc1. The fraction of sp³-hybridized carbons (Fsp3) is 0.240. The lowest BCUT2D eigenvalue weighted by Gasteiger charge is -2.36. The van der Waals surface area contributed by atoms with Gasteiger partial charge in [0.05, 0.1) is 12.6 Å². The number of anilines is 1. The van der Waals surface area contributed by atoms with Crippen LogP contribution in [0.5, 0.6) is 0 Å². The molecule has 0 atom stereocenters. The van der Waals surface area contributed by atoms with Crippen LogP contribution in [0.15, 0.2) is 91.0 Å². The van der Waals surface area contributed by atoms with E-state index in [4.69, 9.17) is 0 Å². The number of rotatable bonds is 6. The van der Waals surface area contributed by atoms with Gasteiger partial charge in [0.15, 0.2) is 0 Å². The number of hydrogen-bond donors (Lipinski definition) is 1. The van der Waals surface area contributed by atoms with Crippen molar-refractivity contribution in [3.05, 3.63) is 102 Å². The van der Waals surface area contributed by atoms with Gasteiger partial charge < -0.3 is 10.2 Å². The van der Waals surface area contributed by atoms with E-state index in [-0.39, 0.29) is 11.9 Å². The van der Waals surface area contributed by atoms with Gasteiger partial charge in [0, 0.05) is 31.9 Å². The minimum Gasteiger partial charge on any atom is -0.369 e. The standard InChI is InChI=1S/C25H27N3O/c29-24(20-27-16-18-28(19-17-27)23-14-8-3-9-15-23)26-25(21-10-4-1-5-11-21)22-12-6-2-7-13-22/h1-15,25H,16-20H2,(H,26,29). The first-order valence-corrected chi connectivity index (χ1v) is 10.2. The van der Waals surface area contributed by atoms with E-state index < -0.39 is 0 Å². The van der Waals surface area contributed by atoms with Crippen molar-refractivity contribution in [3.63, 3.8) is 0 Å². The van der Waals surface area contributed by atoms with Crippen molar-refractivity contribution in [3.8, 4) is 0 Å². The van der Waals surface area contributed by atoms with E-state index in [1.54, 1.807) is 0 Å². The highest BCUT2D eigenvalue weighted by Gasteiger charge is 2.21. The van der Waals surface area contributed by atoms with Crippen molar-refractivity contribution in [2.45, 2.75) is 6.04 Å². The Balaban J connectivity index is 1.37. The van der Waals surface area contributed by atoms with Gasteiger partial charge in [-0.25, -0.2) is 0 Å². The van der Waals surface area contributed by atoms with Gasteiger partial charge in [-0.05, 0) is 23.3 Å². The highest BCUT2D eigenvalue weighted by Crippen LogP contribution is 2.22. The molecule has 1 aliphatic heterocycles. The summed E-state index contributed by atoms with van der Waals surface area (Å²) >= 11 is 0. The third-order valence-corrected chi connectivity index (χ3v) is 5.43. The summed E-state index contributed by atoms with van der Waals surface area (Å²) in [6, 6.07) is 30.7. The van der Waals surface area contributed by atoms with Crippen molar-refractivity contribution in [2.75, 3.05) is 37.6 Å². The van der Waals surface area contributed by atoms with E-state index in [0.717, 1.165) is 37.3 Å². The van der Waals surface area contributed by atoms with Crippen LogP contribution in [0.3, 0.4) is 0 Å². The Hall–Kier alpha value is -3.11. The van der Waals surface area contributed by atoms with Crippen molar-refractivity contribution >= 4 is 11.6 Å². The third kappa shape index (κ3) is 5.04. The summed E-state index contributed by atoms with van der Waals surface area (Å²) in [5.41, 5.74) is 3.45. The van der Waals surface area contributed by atoms with Crippen LogP contribution >= 0.6 is 0 Å². The molecule has 1 saturated heterocycles. The molecule has 29 heavy (non-hydrogen) atoms. The lowest BCUT2D eigenvalue weighted by molar-refractivity contribution is -0.122. The van der Waals surface area contributed by atoms with Crippen LogP contribution < -0.4 is 10.2 Å². The molecule has 4 nitrogen and oxygen atoms in total. The van der Waals surface area contributed by atoms with Gasteiger partial charge in [0.2, 0.25) is 5.91 Å². The quantitative estimate of drug-likeness (QED) is 0.703. The van der Waals surface area contributed by atoms with Crippen LogP contribution in [0, 0.1) is 0 Å². The first kappa shape index (κ1) is 19.2. The summed E-state index contributed by atoms with van der Waals surface area (Å²) in [5.74, 6) is 0.0656. The molecule has 1 heterocycles. The summed E-state index contributed by atoms with van der Waals surface area (Å²) in [6.07, 6.45) is 0. The van der Waals surface area contributed by atoms with Crippen molar-refractivity contribution in [1.82, 2.24) is 10.2 Å². The van der Waals surface area contributed by atoms with Crippen LogP contribution in [0.4, 0.5) is 5.69 Å². The number of hydrogen-bond acceptors (Lipinski definition) is 3. The molecule has 4 heteroatoms. The largest absolute Gasteiger partial charge is 0.369 e. The van der Waals surface area contributed by atoms with Crippen molar-refractivity contribution in [1.29, 1.82) is 0 Å². The number of nitrogens with one attached hydrogen (secondary N) is 1. The predicted octanol–water partition coefficient (Wildman–Crippen LogP) is 3.71. The van der Waals surface area contributed by atoms with Crippen LogP contribution in [0.25, 0.3) is 0 Å². The lowest BCUT2D eigenvalue weighted by atomic mass is 9.99. The third-order valence-electron chi connectivity index (χ3n) is 5.43. The molecule has 3 aromatic carbocycles. The zero-order valence-electron chi connectivity index (χ0n) is 16.6. The average molecular weight is 386 g/mol. The smallest absolute Gasteiger partial charge is 0.234 e. The Bertz CT molecular complexity index is 852. The summed E-state index contributed by atoms with van der Waals surface area (Å²) in [7, 11) is 0. The van der Waals surface area contributed by atoms with Gasteiger partial charge in [-0.1, -0.05) is 78.9 Å². The Morgan fingerprint density at radius 3 is 1.72 bits per heavy atom. The van der Waals surface area contributed by atoms with E-state index in [0.29, 0.717) is 6.54 Å². The van der Waals surface area contributed by atoms with Crippen LogP contribution in [-0.2, 0) is 4.79 Å². The summed E-state index contributed by atoms with van der Waals surface area (Å²) in [4.78, 5) is 17.5. The minimum atomic E-state index is -0.129. The number of benzene rings is 3. The number of piperazine rings is 1. The maximum atomic E-state index is 12.9. The molecule has 4 rings (SSSR count). The predicted molar refractivity (Wildman–Crippen MR) is 118 cm³/mol. The average Bonchev–Trinajstić information content (AvgIpc) is 2.80. The fourth-order valence-corrected chi connectivity index (χ4v) is 3.86. The van der Waals surface area contributed by atoms with Gasteiger partial charge in [-0.2, -0.15) is 0 Å². The number of carbonyl (C=O) groups is 1. The Kier molecular flexibility index (Phi) is 6.22. The topological polar surface area (TPSA) is 35.6 Å². The summed E-state index contributed by atoms with van der Waals surface area (Å²) in [6.45, 7) is 4.10. The van der Waals surface area contributed by atoms with E-state index in [2.05, 4.69) is 63.6 Å². The molecular weight excluding hydrogens is 358 g/mol. The number of carbonyl (C=O) groups excluding carboxylic acids is 1. The van der Waals surface area contributed by atoms with Crippen LogP contribution in [0.2, 0.25) is 0 Å². The maximum absolute atomic E-state index is 12.9. The van der Waals surface area contributed by atoms with Gasteiger partial charge in [0.25, 0.3) is 0 Å². The van der Waals surface area contributed by atoms with Gasteiger partial charge in [-0.15, -0.1) is 0 Å². The molecule has 0 aliphatic carbocycles. The molecule has 0 aromatic heterocycles. The van der Waals surface area contributed by atoms with Crippen molar-refractivity contribution < 1.29 is 4.79 Å². The van der Waals surface area contributed by atoms with E-state index in [1.165, 1.54) is 5.69 Å². The first-order valence-electron chi connectivity index (χ1n) is 10.2. The number of para-hydroxylation sites is 1. The first-order chi connectivity index (χ1) is 14.3. The van der Waals surface area contributed by atoms with Crippen molar-refractivity contribution in [2.24, 2.45) is 0 Å². The molecular formula is C25H27N3O. The van der Waals surface area contributed by atoms with E-state index >= 15 is 0 Å². The molecule has 148 valence electrons. The van der Waals surface area contributed by atoms with E-state index in [1.807, 2.05) is 42.5 Å². The Morgan fingerprint density at radius 2 is 1.21 bits per heavy atom. The molecule has 0 spiro atoms. The Labute approximate surface area is 172 Å². The molecule has 1 fully saturated rings. The summed E-state index contributed by atoms with van der Waals surface area (Å²) < 4.78 is 0. The second kappa shape index (κ2) is 9.39. The molecule has 1 N–H and O–H groups in total. The molecule has 1 aliphatic rings. The van der Waals surface area contributed by atoms with Crippen LogP contribution in [0.1, 0.15) is 17.2 Å². The molecule has 0 radical (unpaired) electrons. The molecule has 1 amide bonds. The normalized spacial score (nSPS) is 14.7. The number of nitrogens with zero attached hydrogens (tertiary/aromatic N) is 2. The second-order valence-corrected chi connectivity index (χ2v) is 7.42. The zero-order valence-corrected chi connectivity index (χ0v) is 16.6. The molecule has 0 unspecified atom stereocenters. The van der Waals surface area contributed by atoms with Gasteiger partial charge in [-0.3, -0.25) is 9.69 Å². The zero-order chi connectivity index (χ0) is 19.9. The fourth-order valence-electron chi connectivity index (χ4n) is 3.86. The van der Waals surface area contributed by atoms with Gasteiger partial charge >= 0.3 is 0 Å². The lowest BCUT2D eigenvalue weighted by Crippen LogP contribution is -2.49. The molecule has 0 bridgehead atoms. The monoisotopic (exact) mass is 385 g/mol. The second-order valence-electron chi connectivity index (χ2n) is 7.42. The van der Waals surface area contributed by atoms with E-state index in [9.17, 15) is 4.79 Å².